The molecule has 20 heavy (non-hydrogen) atoms. The second-order valence-corrected chi connectivity index (χ2v) is 3.93. The summed E-state index contributed by atoms with van der Waals surface area (Å²) in [5.74, 6) is 0.371. The van der Waals surface area contributed by atoms with Gasteiger partial charge in [0.05, 0.1) is 27.2 Å². The SMILES string of the molecule is COC(=O)CCOc1ccc(OC(C)C(=O)OC)cc1. The normalized spacial score (nSPS) is 11.3. The van der Waals surface area contributed by atoms with Gasteiger partial charge in [0, 0.05) is 0 Å². The highest BCUT2D eigenvalue weighted by molar-refractivity contribution is 5.74. The highest BCUT2D eigenvalue weighted by Crippen LogP contribution is 2.19. The summed E-state index contributed by atoms with van der Waals surface area (Å²) in [5, 5.41) is 0. The van der Waals surface area contributed by atoms with Gasteiger partial charge in [-0.15, -0.1) is 0 Å². The van der Waals surface area contributed by atoms with E-state index in [1.54, 1.807) is 31.2 Å². The van der Waals surface area contributed by atoms with E-state index in [0.29, 0.717) is 11.5 Å². The zero-order valence-electron chi connectivity index (χ0n) is 11.8. The van der Waals surface area contributed by atoms with Crippen LogP contribution in [0.5, 0.6) is 11.5 Å². The second kappa shape index (κ2) is 8.04. The molecule has 0 spiro atoms. The maximum atomic E-state index is 11.2. The third kappa shape index (κ3) is 5.17. The predicted molar refractivity (Wildman–Crippen MR) is 70.7 cm³/mol. The molecule has 1 aromatic rings. The minimum Gasteiger partial charge on any atom is -0.493 e. The summed E-state index contributed by atoms with van der Waals surface area (Å²) in [6.07, 6.45) is -0.486. The number of hydrogen-bond acceptors (Lipinski definition) is 6. The van der Waals surface area contributed by atoms with Gasteiger partial charge in [0.2, 0.25) is 0 Å². The van der Waals surface area contributed by atoms with Crippen LogP contribution in [-0.4, -0.2) is 38.9 Å². The third-order valence-corrected chi connectivity index (χ3v) is 2.47. The zero-order valence-corrected chi connectivity index (χ0v) is 11.8. The Morgan fingerprint density at radius 1 is 1.05 bits per heavy atom. The molecule has 0 amide bonds. The lowest BCUT2D eigenvalue weighted by atomic mass is 10.3. The molecule has 0 fully saturated rings. The third-order valence-electron chi connectivity index (χ3n) is 2.47. The van der Waals surface area contributed by atoms with Crippen LogP contribution in [0.2, 0.25) is 0 Å². The lowest BCUT2D eigenvalue weighted by Gasteiger charge is -2.12. The average molecular weight is 282 g/mol. The molecule has 0 aromatic heterocycles. The van der Waals surface area contributed by atoms with Gasteiger partial charge in [0.15, 0.2) is 6.10 Å². The van der Waals surface area contributed by atoms with Crippen LogP contribution in [0.3, 0.4) is 0 Å². The first-order chi connectivity index (χ1) is 9.56. The first-order valence-corrected chi connectivity index (χ1v) is 6.11. The van der Waals surface area contributed by atoms with Crippen LogP contribution in [0.4, 0.5) is 0 Å². The number of carbonyl (C=O) groups is 2. The second-order valence-electron chi connectivity index (χ2n) is 3.93. The van der Waals surface area contributed by atoms with E-state index in [-0.39, 0.29) is 19.0 Å². The Labute approximate surface area is 117 Å². The van der Waals surface area contributed by atoms with E-state index in [9.17, 15) is 9.59 Å². The molecule has 1 rings (SSSR count). The van der Waals surface area contributed by atoms with Crippen LogP contribution in [0.1, 0.15) is 13.3 Å². The van der Waals surface area contributed by atoms with Gasteiger partial charge in [-0.25, -0.2) is 4.79 Å². The largest absolute Gasteiger partial charge is 0.493 e. The van der Waals surface area contributed by atoms with Crippen LogP contribution in [-0.2, 0) is 19.1 Å². The lowest BCUT2D eigenvalue weighted by Crippen LogP contribution is -2.24. The molecular formula is C14H18O6. The smallest absolute Gasteiger partial charge is 0.346 e. The molecule has 0 saturated heterocycles. The van der Waals surface area contributed by atoms with Crippen molar-refractivity contribution in [3.8, 4) is 11.5 Å². The standard InChI is InChI=1S/C14H18O6/c1-10(14(16)18-3)20-12-6-4-11(5-7-12)19-9-8-13(15)17-2/h4-7,10H,8-9H2,1-3H3. The Morgan fingerprint density at radius 2 is 1.65 bits per heavy atom. The molecule has 0 N–H and O–H groups in total. The van der Waals surface area contributed by atoms with E-state index in [2.05, 4.69) is 9.47 Å². The summed E-state index contributed by atoms with van der Waals surface area (Å²) in [4.78, 5) is 22.1. The van der Waals surface area contributed by atoms with Gasteiger partial charge < -0.3 is 18.9 Å². The number of rotatable bonds is 7. The summed E-state index contributed by atoms with van der Waals surface area (Å²) in [7, 11) is 2.64. The van der Waals surface area contributed by atoms with Crippen LogP contribution in [0.15, 0.2) is 24.3 Å². The van der Waals surface area contributed by atoms with Gasteiger partial charge >= 0.3 is 11.9 Å². The first kappa shape index (κ1) is 15.8. The molecule has 1 atom stereocenters. The fourth-order valence-corrected chi connectivity index (χ4v) is 1.39. The zero-order chi connectivity index (χ0) is 15.0. The Balaban J connectivity index is 2.44. The number of hydrogen-bond donors (Lipinski definition) is 0. The van der Waals surface area contributed by atoms with Crippen LogP contribution in [0.25, 0.3) is 0 Å². The molecular weight excluding hydrogens is 264 g/mol. The van der Waals surface area contributed by atoms with E-state index in [1.807, 2.05) is 0 Å². The number of benzene rings is 1. The van der Waals surface area contributed by atoms with E-state index < -0.39 is 12.1 Å². The fraction of sp³-hybridized carbons (Fsp3) is 0.429. The predicted octanol–water partition coefficient (Wildman–Crippen LogP) is 1.57. The molecule has 0 bridgehead atoms. The first-order valence-electron chi connectivity index (χ1n) is 6.11. The maximum Gasteiger partial charge on any atom is 0.346 e. The Hall–Kier alpha value is -2.24. The highest BCUT2D eigenvalue weighted by Gasteiger charge is 2.14. The van der Waals surface area contributed by atoms with Crippen LogP contribution < -0.4 is 9.47 Å². The van der Waals surface area contributed by atoms with Crippen molar-refractivity contribution >= 4 is 11.9 Å². The highest BCUT2D eigenvalue weighted by atomic mass is 16.6. The van der Waals surface area contributed by atoms with Gasteiger partial charge in [0.1, 0.15) is 11.5 Å². The van der Waals surface area contributed by atoms with Gasteiger partial charge in [-0.1, -0.05) is 0 Å². The number of methoxy groups -OCH3 is 2. The van der Waals surface area contributed by atoms with Gasteiger partial charge in [0.25, 0.3) is 0 Å². The van der Waals surface area contributed by atoms with E-state index in [4.69, 9.17) is 9.47 Å². The van der Waals surface area contributed by atoms with E-state index >= 15 is 0 Å². The summed E-state index contributed by atoms with van der Waals surface area (Å²) in [5.41, 5.74) is 0. The molecule has 1 unspecified atom stereocenters. The molecule has 6 heteroatoms. The molecule has 110 valence electrons. The summed E-state index contributed by atoms with van der Waals surface area (Å²) >= 11 is 0. The van der Waals surface area contributed by atoms with Crippen molar-refractivity contribution in [2.75, 3.05) is 20.8 Å². The van der Waals surface area contributed by atoms with Crippen molar-refractivity contribution in [3.63, 3.8) is 0 Å². The average Bonchev–Trinajstić information content (AvgIpc) is 2.47. The van der Waals surface area contributed by atoms with Crippen molar-refractivity contribution in [3.05, 3.63) is 24.3 Å². The Morgan fingerprint density at radius 3 is 2.20 bits per heavy atom. The molecule has 0 aliphatic heterocycles. The lowest BCUT2D eigenvalue weighted by molar-refractivity contribution is -0.148. The Kier molecular flexibility index (Phi) is 6.36. The molecule has 1 aromatic carbocycles. The van der Waals surface area contributed by atoms with Crippen LogP contribution >= 0.6 is 0 Å². The minimum absolute atomic E-state index is 0.189. The van der Waals surface area contributed by atoms with Crippen molar-refractivity contribution in [1.82, 2.24) is 0 Å². The van der Waals surface area contributed by atoms with Crippen LogP contribution in [0, 0.1) is 0 Å². The van der Waals surface area contributed by atoms with Crippen molar-refractivity contribution in [1.29, 1.82) is 0 Å². The van der Waals surface area contributed by atoms with E-state index in [1.165, 1.54) is 14.2 Å². The van der Waals surface area contributed by atoms with Gasteiger partial charge in [-0.3, -0.25) is 4.79 Å². The number of ether oxygens (including phenoxy) is 4. The molecule has 0 aliphatic carbocycles. The van der Waals surface area contributed by atoms with Crippen molar-refractivity contribution in [2.45, 2.75) is 19.4 Å². The topological polar surface area (TPSA) is 71.1 Å². The molecule has 0 saturated carbocycles. The summed E-state index contributed by atoms with van der Waals surface area (Å²) in [6, 6.07) is 6.73. The van der Waals surface area contributed by atoms with Gasteiger partial charge in [-0.05, 0) is 31.2 Å². The number of carbonyl (C=O) groups excluding carboxylic acids is 2. The molecule has 0 heterocycles. The maximum absolute atomic E-state index is 11.2. The summed E-state index contributed by atoms with van der Waals surface area (Å²) < 4.78 is 19.8. The molecule has 0 aliphatic rings. The van der Waals surface area contributed by atoms with Gasteiger partial charge in [-0.2, -0.15) is 0 Å². The quantitative estimate of drug-likeness (QED) is 0.707. The van der Waals surface area contributed by atoms with Crippen molar-refractivity contribution < 1.29 is 28.5 Å². The van der Waals surface area contributed by atoms with E-state index in [0.717, 1.165) is 0 Å². The fourth-order valence-electron chi connectivity index (χ4n) is 1.39. The molecule has 6 nitrogen and oxygen atoms in total. The molecule has 0 radical (unpaired) electrons. The number of esters is 2. The monoisotopic (exact) mass is 282 g/mol. The minimum atomic E-state index is -0.675. The summed E-state index contributed by atoms with van der Waals surface area (Å²) in [6.45, 7) is 1.85. The van der Waals surface area contributed by atoms with Crippen molar-refractivity contribution in [2.24, 2.45) is 0 Å². The Bertz CT molecular complexity index is 439.